The Bertz CT molecular complexity index is 1200. The van der Waals surface area contributed by atoms with Gasteiger partial charge in [-0.3, -0.25) is 14.2 Å². The van der Waals surface area contributed by atoms with E-state index in [1.54, 1.807) is 0 Å². The molecule has 0 radical (unpaired) electrons. The Morgan fingerprint density at radius 1 is 0.441 bits per heavy atom. The van der Waals surface area contributed by atoms with Gasteiger partial charge in [0.25, 0.3) is 7.82 Å². The minimum absolute atomic E-state index is 0.0297. The van der Waals surface area contributed by atoms with E-state index in [4.69, 9.17) is 18.5 Å². The summed E-state index contributed by atoms with van der Waals surface area (Å²) >= 11 is 0. The zero-order chi connectivity index (χ0) is 49.9. The van der Waals surface area contributed by atoms with Crippen LogP contribution in [0.1, 0.15) is 284 Å². The van der Waals surface area contributed by atoms with E-state index in [0.29, 0.717) is 17.4 Å². The summed E-state index contributed by atoms with van der Waals surface area (Å²) in [6.45, 7) is 4.26. The van der Waals surface area contributed by atoms with Crippen molar-refractivity contribution in [1.29, 1.82) is 0 Å². The van der Waals surface area contributed by atoms with Crippen LogP contribution in [0.3, 0.4) is 0 Å². The molecule has 0 aliphatic carbocycles. The third-order valence-electron chi connectivity index (χ3n) is 12.9. The molecule has 0 saturated carbocycles. The molecule has 68 heavy (non-hydrogen) atoms. The number of nitrogens with zero attached hydrogens (tertiary/aromatic N) is 1. The molecular formula is C58H112NO8P. The number of phosphoric ester groups is 1. The highest BCUT2D eigenvalue weighted by Crippen LogP contribution is 2.38. The number of quaternary nitrogens is 1. The third kappa shape index (κ3) is 53.8. The number of unbranched alkanes of at least 4 members (excludes halogenated alkanes) is 36. The predicted molar refractivity (Wildman–Crippen MR) is 287 cm³/mol. The number of carbonyl (C=O) groups excluding carboxylic acids is 2. The zero-order valence-corrected chi connectivity index (χ0v) is 46.5. The monoisotopic (exact) mass is 982 g/mol. The van der Waals surface area contributed by atoms with Gasteiger partial charge < -0.3 is 27.9 Å². The quantitative estimate of drug-likeness (QED) is 0.0195. The first-order chi connectivity index (χ1) is 33.0. The fraction of sp³-hybridized carbons (Fsp3) is 0.897. The summed E-state index contributed by atoms with van der Waals surface area (Å²) in [5, 5.41) is 0. The SMILES string of the molecule is CCCCCCCC/C=C\CCCCCCCC(=O)OCC(COP(=O)([O-])OCC[N+](C)(C)C)OC(=O)CCCCCCCCCCCCCCCCCCC/C=C\CCCCCCCCCC. The Morgan fingerprint density at radius 3 is 1.09 bits per heavy atom. The van der Waals surface area contributed by atoms with Crippen LogP contribution < -0.4 is 4.89 Å². The van der Waals surface area contributed by atoms with Crippen LogP contribution in [0.25, 0.3) is 0 Å². The molecule has 0 aliphatic rings. The molecule has 2 unspecified atom stereocenters. The maximum Gasteiger partial charge on any atom is 0.306 e. The Labute approximate surface area is 421 Å². The molecule has 0 heterocycles. The van der Waals surface area contributed by atoms with Gasteiger partial charge in [0.05, 0.1) is 27.7 Å². The highest BCUT2D eigenvalue weighted by molar-refractivity contribution is 7.45. The highest BCUT2D eigenvalue weighted by Gasteiger charge is 2.22. The van der Waals surface area contributed by atoms with Crippen LogP contribution in [0.2, 0.25) is 0 Å². The molecule has 9 nitrogen and oxygen atoms in total. The number of hydrogen-bond donors (Lipinski definition) is 0. The van der Waals surface area contributed by atoms with Crippen LogP contribution in [0, 0.1) is 0 Å². The number of ether oxygens (including phenoxy) is 2. The van der Waals surface area contributed by atoms with Crippen molar-refractivity contribution in [3.05, 3.63) is 24.3 Å². The second kappa shape index (κ2) is 50.4. The number of rotatable bonds is 54. The summed E-state index contributed by atoms with van der Waals surface area (Å²) in [5.74, 6) is -0.830. The minimum Gasteiger partial charge on any atom is -0.756 e. The van der Waals surface area contributed by atoms with Gasteiger partial charge in [-0.2, -0.15) is 0 Å². The Morgan fingerprint density at radius 2 is 0.750 bits per heavy atom. The van der Waals surface area contributed by atoms with E-state index in [9.17, 15) is 19.0 Å². The highest BCUT2D eigenvalue weighted by atomic mass is 31.2. The van der Waals surface area contributed by atoms with Crippen molar-refractivity contribution in [1.82, 2.24) is 0 Å². The molecule has 0 aromatic carbocycles. The van der Waals surface area contributed by atoms with Crippen LogP contribution in [-0.4, -0.2) is 70.0 Å². The average Bonchev–Trinajstić information content (AvgIpc) is 3.30. The van der Waals surface area contributed by atoms with Crippen LogP contribution in [0.4, 0.5) is 0 Å². The molecule has 10 heteroatoms. The van der Waals surface area contributed by atoms with Gasteiger partial charge in [0.2, 0.25) is 0 Å². The molecule has 0 spiro atoms. The normalized spacial score (nSPS) is 13.4. The fourth-order valence-electron chi connectivity index (χ4n) is 8.41. The number of esters is 2. The number of carbonyl (C=O) groups is 2. The molecule has 402 valence electrons. The third-order valence-corrected chi connectivity index (χ3v) is 13.9. The minimum atomic E-state index is -4.63. The van der Waals surface area contributed by atoms with Crippen molar-refractivity contribution < 1.29 is 42.1 Å². The smallest absolute Gasteiger partial charge is 0.306 e. The van der Waals surface area contributed by atoms with Crippen LogP contribution in [0.5, 0.6) is 0 Å². The van der Waals surface area contributed by atoms with Crippen molar-refractivity contribution in [2.75, 3.05) is 47.5 Å². The Hall–Kier alpha value is -1.51. The molecule has 0 bridgehead atoms. The second-order valence-electron chi connectivity index (χ2n) is 21.0. The van der Waals surface area contributed by atoms with Gasteiger partial charge >= 0.3 is 11.9 Å². The molecule has 0 aromatic heterocycles. The summed E-state index contributed by atoms with van der Waals surface area (Å²) in [6.07, 6.45) is 59.5. The van der Waals surface area contributed by atoms with Gasteiger partial charge in [-0.05, 0) is 64.2 Å². The summed E-state index contributed by atoms with van der Waals surface area (Å²) in [4.78, 5) is 37.8. The molecule has 0 aliphatic heterocycles. The molecule has 0 N–H and O–H groups in total. The predicted octanol–water partition coefficient (Wildman–Crippen LogP) is 17.2. The van der Waals surface area contributed by atoms with E-state index in [1.165, 1.54) is 199 Å². The molecule has 0 fully saturated rings. The van der Waals surface area contributed by atoms with Crippen molar-refractivity contribution >= 4 is 19.8 Å². The Balaban J connectivity index is 4.06. The maximum absolute atomic E-state index is 12.8. The molecule has 0 amide bonds. The van der Waals surface area contributed by atoms with Gasteiger partial charge in [-0.15, -0.1) is 0 Å². The second-order valence-corrected chi connectivity index (χ2v) is 22.4. The molecular weight excluding hydrogens is 870 g/mol. The maximum atomic E-state index is 12.8. The first-order valence-electron chi connectivity index (χ1n) is 29.0. The van der Waals surface area contributed by atoms with Crippen molar-refractivity contribution in [3.8, 4) is 0 Å². The molecule has 0 rings (SSSR count). The van der Waals surface area contributed by atoms with Crippen LogP contribution in [0.15, 0.2) is 24.3 Å². The fourth-order valence-corrected chi connectivity index (χ4v) is 9.14. The summed E-state index contributed by atoms with van der Waals surface area (Å²) in [7, 11) is 1.17. The first-order valence-corrected chi connectivity index (χ1v) is 30.5. The number of hydrogen-bond acceptors (Lipinski definition) is 8. The summed E-state index contributed by atoms with van der Waals surface area (Å²) in [6, 6.07) is 0. The van der Waals surface area contributed by atoms with E-state index >= 15 is 0 Å². The molecule has 0 saturated heterocycles. The topological polar surface area (TPSA) is 111 Å². The summed E-state index contributed by atoms with van der Waals surface area (Å²) < 4.78 is 34.1. The summed E-state index contributed by atoms with van der Waals surface area (Å²) in [5.41, 5.74) is 0. The molecule has 0 aromatic rings. The zero-order valence-electron chi connectivity index (χ0n) is 45.6. The number of likely N-dealkylation sites (N-methyl/N-ethyl adjacent to an activating group) is 1. The van der Waals surface area contributed by atoms with Gasteiger partial charge in [0, 0.05) is 12.8 Å². The largest absolute Gasteiger partial charge is 0.756 e. The first kappa shape index (κ1) is 66.5. The lowest BCUT2D eigenvalue weighted by atomic mass is 10.0. The van der Waals surface area contributed by atoms with E-state index in [0.717, 1.165) is 51.4 Å². The lowest BCUT2D eigenvalue weighted by molar-refractivity contribution is -0.870. The van der Waals surface area contributed by atoms with Gasteiger partial charge in [-0.1, -0.05) is 231 Å². The van der Waals surface area contributed by atoms with E-state index < -0.39 is 26.5 Å². The lowest BCUT2D eigenvalue weighted by Crippen LogP contribution is -2.37. The van der Waals surface area contributed by atoms with Gasteiger partial charge in [-0.25, -0.2) is 0 Å². The van der Waals surface area contributed by atoms with Crippen molar-refractivity contribution in [2.45, 2.75) is 290 Å². The van der Waals surface area contributed by atoms with E-state index in [1.807, 2.05) is 21.1 Å². The van der Waals surface area contributed by atoms with E-state index in [-0.39, 0.29) is 32.0 Å². The molecule has 2 atom stereocenters. The van der Waals surface area contributed by atoms with Gasteiger partial charge in [0.1, 0.15) is 19.8 Å². The van der Waals surface area contributed by atoms with Crippen LogP contribution in [-0.2, 0) is 32.7 Å². The number of phosphoric acid groups is 1. The Kier molecular flexibility index (Phi) is 49.3. The van der Waals surface area contributed by atoms with Gasteiger partial charge in [0.15, 0.2) is 6.10 Å². The number of allylic oxidation sites excluding steroid dienone is 4. The van der Waals surface area contributed by atoms with Crippen LogP contribution >= 0.6 is 7.82 Å². The standard InChI is InChI=1S/C58H112NO8P/c1-6-8-10-12-14-16-18-20-22-23-24-25-26-27-28-29-30-31-32-33-34-35-37-39-41-43-45-47-49-51-58(61)67-56(55-66-68(62,63)65-53-52-59(3,4)5)54-64-57(60)50-48-46-44-42-40-38-36-21-19-17-15-13-11-9-7-2/h21,23-24,36,56H,6-20,22,25-35,37-55H2,1-5H3/b24-23-,36-21-. The van der Waals surface area contributed by atoms with Crippen molar-refractivity contribution in [3.63, 3.8) is 0 Å². The average molecular weight is 983 g/mol. The van der Waals surface area contributed by atoms with Crippen molar-refractivity contribution in [2.24, 2.45) is 0 Å². The van der Waals surface area contributed by atoms with E-state index in [2.05, 4.69) is 38.2 Å². The lowest BCUT2D eigenvalue weighted by Gasteiger charge is -2.28.